The van der Waals surface area contributed by atoms with E-state index in [-0.39, 0.29) is 11.1 Å². The summed E-state index contributed by atoms with van der Waals surface area (Å²) < 4.78 is 19.8. The van der Waals surface area contributed by atoms with E-state index >= 15 is 0 Å². The zero-order valence-corrected chi connectivity index (χ0v) is 14.2. The highest BCUT2D eigenvalue weighted by molar-refractivity contribution is 6.06. The van der Waals surface area contributed by atoms with Crippen LogP contribution in [0, 0.1) is 5.82 Å². The molecule has 0 saturated carbocycles. The number of imidazole rings is 1. The van der Waals surface area contributed by atoms with E-state index < -0.39 is 11.7 Å². The zero-order valence-electron chi connectivity index (χ0n) is 14.2. The van der Waals surface area contributed by atoms with Crippen molar-refractivity contribution in [3.8, 4) is 0 Å². The van der Waals surface area contributed by atoms with Crippen LogP contribution in [0.5, 0.6) is 0 Å². The number of benzene rings is 2. The Balaban J connectivity index is 1.50. The second-order valence-corrected chi connectivity index (χ2v) is 6.27. The minimum Gasteiger partial charge on any atom is -0.379 e. The first-order valence-electron chi connectivity index (χ1n) is 8.53. The molecule has 2 aromatic carbocycles. The van der Waals surface area contributed by atoms with Gasteiger partial charge in [-0.2, -0.15) is 0 Å². The molecule has 0 spiro atoms. The second-order valence-electron chi connectivity index (χ2n) is 6.27. The highest BCUT2D eigenvalue weighted by Gasteiger charge is 2.16. The van der Waals surface area contributed by atoms with E-state index in [0.29, 0.717) is 11.2 Å². The minimum atomic E-state index is -0.620. The molecule has 26 heavy (non-hydrogen) atoms. The van der Waals surface area contributed by atoms with Gasteiger partial charge in [-0.15, -0.1) is 0 Å². The Morgan fingerprint density at radius 1 is 1.27 bits per heavy atom. The molecule has 0 radical (unpaired) electrons. The topological polar surface area (TPSA) is 70.2 Å². The van der Waals surface area contributed by atoms with Crippen LogP contribution in [0.3, 0.4) is 0 Å². The van der Waals surface area contributed by atoms with Gasteiger partial charge in [0.1, 0.15) is 5.52 Å². The van der Waals surface area contributed by atoms with E-state index in [9.17, 15) is 9.18 Å². The Bertz CT molecular complexity index is 934. The molecule has 0 unspecified atom stereocenters. The van der Waals surface area contributed by atoms with Crippen LogP contribution in [0.1, 0.15) is 15.9 Å². The maximum Gasteiger partial charge on any atom is 0.258 e. The molecular formula is C19H19FN4O2. The Labute approximate surface area is 150 Å². The number of carbonyl (C=O) groups excluding carboxylic acids is 1. The molecule has 0 bridgehead atoms. The molecule has 1 aliphatic rings. The van der Waals surface area contributed by atoms with Crippen molar-refractivity contribution < 1.29 is 13.9 Å². The summed E-state index contributed by atoms with van der Waals surface area (Å²) in [7, 11) is 0. The molecule has 2 heterocycles. The summed E-state index contributed by atoms with van der Waals surface area (Å²) in [6.45, 7) is 4.06. The SMILES string of the molecule is O=C(Nc1cccc(CN2CCOCC2)c1)c1ccc2[nH]cnc2c1F. The number of nitrogens with zero attached hydrogens (tertiary/aromatic N) is 2. The Kier molecular flexibility index (Phi) is 4.64. The molecule has 0 aliphatic carbocycles. The number of amides is 1. The summed E-state index contributed by atoms with van der Waals surface area (Å²) in [5.41, 5.74) is 2.43. The summed E-state index contributed by atoms with van der Waals surface area (Å²) in [5.74, 6) is -1.11. The van der Waals surface area contributed by atoms with Crippen LogP contribution in [-0.4, -0.2) is 47.1 Å². The largest absolute Gasteiger partial charge is 0.379 e. The molecule has 4 rings (SSSR count). The molecule has 1 saturated heterocycles. The van der Waals surface area contributed by atoms with E-state index in [0.717, 1.165) is 38.4 Å². The average molecular weight is 354 g/mol. The van der Waals surface area contributed by atoms with Crippen molar-refractivity contribution in [2.45, 2.75) is 6.54 Å². The maximum atomic E-state index is 14.5. The van der Waals surface area contributed by atoms with Crippen molar-refractivity contribution >= 4 is 22.6 Å². The lowest BCUT2D eigenvalue weighted by Gasteiger charge is -2.26. The lowest BCUT2D eigenvalue weighted by Crippen LogP contribution is -2.35. The lowest BCUT2D eigenvalue weighted by molar-refractivity contribution is 0.0342. The molecule has 1 fully saturated rings. The molecule has 1 amide bonds. The third-order valence-corrected chi connectivity index (χ3v) is 4.47. The van der Waals surface area contributed by atoms with Gasteiger partial charge in [0.25, 0.3) is 5.91 Å². The van der Waals surface area contributed by atoms with Crippen LogP contribution in [0.2, 0.25) is 0 Å². The van der Waals surface area contributed by atoms with Crippen LogP contribution < -0.4 is 5.32 Å². The second kappa shape index (κ2) is 7.23. The van der Waals surface area contributed by atoms with Gasteiger partial charge in [0.2, 0.25) is 0 Å². The average Bonchev–Trinajstić information content (AvgIpc) is 3.13. The first kappa shape index (κ1) is 16.7. The van der Waals surface area contributed by atoms with Gasteiger partial charge < -0.3 is 15.0 Å². The number of rotatable bonds is 4. The van der Waals surface area contributed by atoms with E-state index in [1.54, 1.807) is 12.1 Å². The van der Waals surface area contributed by atoms with E-state index in [4.69, 9.17) is 4.74 Å². The van der Waals surface area contributed by atoms with Crippen molar-refractivity contribution in [3.63, 3.8) is 0 Å². The van der Waals surface area contributed by atoms with Crippen LogP contribution in [0.4, 0.5) is 10.1 Å². The fraction of sp³-hybridized carbons (Fsp3) is 0.263. The fourth-order valence-electron chi connectivity index (χ4n) is 3.11. The Hall–Kier alpha value is -2.77. The number of ether oxygens (including phenoxy) is 1. The smallest absolute Gasteiger partial charge is 0.258 e. The van der Waals surface area contributed by atoms with Crippen LogP contribution in [0.25, 0.3) is 11.0 Å². The van der Waals surface area contributed by atoms with Crippen molar-refractivity contribution in [3.05, 3.63) is 59.7 Å². The lowest BCUT2D eigenvalue weighted by atomic mass is 10.1. The number of aromatic amines is 1. The van der Waals surface area contributed by atoms with Crippen LogP contribution in [0.15, 0.2) is 42.7 Å². The summed E-state index contributed by atoms with van der Waals surface area (Å²) in [6.07, 6.45) is 1.41. The number of nitrogens with one attached hydrogen (secondary N) is 2. The van der Waals surface area contributed by atoms with Gasteiger partial charge in [0.15, 0.2) is 5.82 Å². The van der Waals surface area contributed by atoms with E-state index in [2.05, 4.69) is 20.2 Å². The van der Waals surface area contributed by atoms with Gasteiger partial charge >= 0.3 is 0 Å². The number of hydrogen-bond donors (Lipinski definition) is 2. The number of hydrogen-bond acceptors (Lipinski definition) is 4. The van der Waals surface area contributed by atoms with Crippen LogP contribution >= 0.6 is 0 Å². The van der Waals surface area contributed by atoms with E-state index in [1.807, 2.05) is 18.2 Å². The molecule has 2 N–H and O–H groups in total. The van der Waals surface area contributed by atoms with Gasteiger partial charge in [0.05, 0.1) is 30.6 Å². The standard InChI is InChI=1S/C19H19FN4O2/c20-17-15(4-5-16-18(17)22-12-21-16)19(25)23-14-3-1-2-13(10-14)11-24-6-8-26-9-7-24/h1-5,10,12H,6-9,11H2,(H,21,22)(H,23,25). The van der Waals surface area contributed by atoms with Gasteiger partial charge in [-0.3, -0.25) is 9.69 Å². The quantitative estimate of drug-likeness (QED) is 0.756. The number of H-pyrrole nitrogens is 1. The molecular weight excluding hydrogens is 335 g/mol. The predicted molar refractivity (Wildman–Crippen MR) is 96.5 cm³/mol. The molecule has 1 aliphatic heterocycles. The number of anilines is 1. The van der Waals surface area contributed by atoms with Gasteiger partial charge in [-0.1, -0.05) is 12.1 Å². The highest BCUT2D eigenvalue weighted by Crippen LogP contribution is 2.20. The van der Waals surface area contributed by atoms with Gasteiger partial charge in [-0.05, 0) is 29.8 Å². The summed E-state index contributed by atoms with van der Waals surface area (Å²) >= 11 is 0. The zero-order chi connectivity index (χ0) is 17.9. The molecule has 134 valence electrons. The predicted octanol–water partition coefficient (Wildman–Crippen LogP) is 2.79. The van der Waals surface area contributed by atoms with Crippen LogP contribution in [-0.2, 0) is 11.3 Å². The maximum absolute atomic E-state index is 14.5. The normalized spacial score (nSPS) is 15.3. The number of aromatic nitrogens is 2. The minimum absolute atomic E-state index is 0.0248. The molecule has 1 aromatic heterocycles. The third-order valence-electron chi connectivity index (χ3n) is 4.47. The van der Waals surface area contributed by atoms with Crippen molar-refractivity contribution in [2.24, 2.45) is 0 Å². The molecule has 6 nitrogen and oxygen atoms in total. The van der Waals surface area contributed by atoms with E-state index in [1.165, 1.54) is 12.4 Å². The Morgan fingerprint density at radius 3 is 2.96 bits per heavy atom. The van der Waals surface area contributed by atoms with Crippen molar-refractivity contribution in [2.75, 3.05) is 31.6 Å². The van der Waals surface area contributed by atoms with Crippen molar-refractivity contribution in [1.82, 2.24) is 14.9 Å². The first-order valence-corrected chi connectivity index (χ1v) is 8.53. The van der Waals surface area contributed by atoms with Gasteiger partial charge in [-0.25, -0.2) is 9.37 Å². The Morgan fingerprint density at radius 2 is 2.12 bits per heavy atom. The number of carbonyl (C=O) groups is 1. The number of halogens is 1. The summed E-state index contributed by atoms with van der Waals surface area (Å²) in [5, 5.41) is 2.77. The molecule has 0 atom stereocenters. The van der Waals surface area contributed by atoms with Crippen molar-refractivity contribution in [1.29, 1.82) is 0 Å². The highest BCUT2D eigenvalue weighted by atomic mass is 19.1. The first-order chi connectivity index (χ1) is 12.7. The van der Waals surface area contributed by atoms with Gasteiger partial charge in [0, 0.05) is 25.3 Å². The summed E-state index contributed by atoms with van der Waals surface area (Å²) in [6, 6.07) is 10.7. The monoisotopic (exact) mass is 354 g/mol. The molecule has 7 heteroatoms. The molecule has 3 aromatic rings. The number of morpholine rings is 1. The summed E-state index contributed by atoms with van der Waals surface area (Å²) in [4.78, 5) is 21.5. The fourth-order valence-corrected chi connectivity index (χ4v) is 3.11. The number of fused-ring (bicyclic) bond motifs is 1. The third kappa shape index (κ3) is 3.44.